The second-order valence-corrected chi connectivity index (χ2v) is 6.20. The van der Waals surface area contributed by atoms with E-state index in [4.69, 9.17) is 0 Å². The Labute approximate surface area is 152 Å². The van der Waals surface area contributed by atoms with Gasteiger partial charge in [-0.3, -0.25) is 14.9 Å². The van der Waals surface area contributed by atoms with Gasteiger partial charge in [0.1, 0.15) is 0 Å². The molecule has 0 aromatic heterocycles. The summed E-state index contributed by atoms with van der Waals surface area (Å²) in [5, 5.41) is 11.2. The van der Waals surface area contributed by atoms with Crippen LogP contribution >= 0.6 is 0 Å². The van der Waals surface area contributed by atoms with Crippen LogP contribution in [0.15, 0.2) is 24.3 Å². The topological polar surface area (TPSA) is 93.0 Å². The van der Waals surface area contributed by atoms with E-state index in [0.29, 0.717) is 5.56 Å². The van der Waals surface area contributed by atoms with Gasteiger partial charge in [-0.05, 0) is 31.1 Å². The average Bonchev–Trinajstić information content (AvgIpc) is 2.65. The maximum atomic E-state index is 11.5. The Balaban J connectivity index is 2.18. The Morgan fingerprint density at radius 2 is 2.00 bits per heavy atom. The van der Waals surface area contributed by atoms with E-state index in [0.717, 1.165) is 31.6 Å². The molecule has 0 N–H and O–H groups in total. The maximum absolute atomic E-state index is 11.5. The number of nitrogens with zero attached hydrogens (tertiary/aromatic N) is 3. The number of carbonyl (C=O) groups excluding carboxylic acids is 2. The average molecular weight is 361 g/mol. The molecule has 0 spiro atoms. The van der Waals surface area contributed by atoms with Crippen LogP contribution in [-0.2, 0) is 14.3 Å². The third-order valence-electron chi connectivity index (χ3n) is 4.68. The molecule has 1 fully saturated rings. The van der Waals surface area contributed by atoms with Gasteiger partial charge >= 0.3 is 5.97 Å². The summed E-state index contributed by atoms with van der Waals surface area (Å²) in [6.45, 7) is 3.06. The summed E-state index contributed by atoms with van der Waals surface area (Å²) < 4.78 is 4.53. The largest absolute Gasteiger partial charge is 0.466 e. The van der Waals surface area contributed by atoms with Crippen molar-refractivity contribution in [3.63, 3.8) is 0 Å². The monoisotopic (exact) mass is 361 g/mol. The third-order valence-corrected chi connectivity index (χ3v) is 4.68. The molecule has 0 saturated carbocycles. The first-order valence-electron chi connectivity index (χ1n) is 8.36. The van der Waals surface area contributed by atoms with Gasteiger partial charge in [-0.2, -0.15) is 0 Å². The van der Waals surface area contributed by atoms with E-state index in [1.54, 1.807) is 24.0 Å². The fourth-order valence-electron chi connectivity index (χ4n) is 3.03. The van der Waals surface area contributed by atoms with E-state index >= 15 is 0 Å². The number of ether oxygens (including phenoxy) is 1. The zero-order valence-corrected chi connectivity index (χ0v) is 15.2. The normalized spacial score (nSPS) is 15.1. The molecular weight excluding hydrogens is 338 g/mol. The van der Waals surface area contributed by atoms with Crippen LogP contribution in [0.3, 0.4) is 0 Å². The van der Waals surface area contributed by atoms with Gasteiger partial charge in [0, 0.05) is 50.9 Å². The minimum Gasteiger partial charge on any atom is -0.466 e. The van der Waals surface area contributed by atoms with Gasteiger partial charge in [0.25, 0.3) is 5.69 Å². The highest BCUT2D eigenvalue weighted by Gasteiger charge is 2.24. The van der Waals surface area contributed by atoms with Crippen LogP contribution in [-0.4, -0.2) is 55.0 Å². The van der Waals surface area contributed by atoms with Gasteiger partial charge in [-0.25, -0.2) is 4.79 Å². The Hall–Kier alpha value is -2.90. The van der Waals surface area contributed by atoms with Crippen LogP contribution in [0.25, 0.3) is 6.08 Å². The van der Waals surface area contributed by atoms with Crippen molar-refractivity contribution >= 4 is 29.3 Å². The third kappa shape index (κ3) is 4.59. The van der Waals surface area contributed by atoms with E-state index < -0.39 is 10.9 Å². The van der Waals surface area contributed by atoms with Crippen LogP contribution in [0.1, 0.15) is 25.3 Å². The van der Waals surface area contributed by atoms with Crippen LogP contribution in [0.5, 0.6) is 0 Å². The highest BCUT2D eigenvalue weighted by Crippen LogP contribution is 2.28. The number of piperidine rings is 1. The second kappa shape index (κ2) is 8.46. The number of anilines is 1. The summed E-state index contributed by atoms with van der Waals surface area (Å²) in [6, 6.07) is 5.07. The van der Waals surface area contributed by atoms with Gasteiger partial charge in [-0.15, -0.1) is 0 Å². The van der Waals surface area contributed by atoms with Crippen molar-refractivity contribution < 1.29 is 19.2 Å². The molecule has 1 aromatic carbocycles. The molecule has 0 radical (unpaired) electrons. The van der Waals surface area contributed by atoms with Crippen molar-refractivity contribution in [2.24, 2.45) is 0 Å². The van der Waals surface area contributed by atoms with Crippen LogP contribution < -0.4 is 4.90 Å². The van der Waals surface area contributed by atoms with Crippen LogP contribution in [0.2, 0.25) is 0 Å². The lowest BCUT2D eigenvalue weighted by Crippen LogP contribution is -2.45. The van der Waals surface area contributed by atoms with Crippen molar-refractivity contribution in [1.82, 2.24) is 4.90 Å². The summed E-state index contributed by atoms with van der Waals surface area (Å²) in [5.74, 6) is -0.521. The Kier molecular flexibility index (Phi) is 6.32. The van der Waals surface area contributed by atoms with E-state index in [-0.39, 0.29) is 17.6 Å². The number of methoxy groups -OCH3 is 1. The summed E-state index contributed by atoms with van der Waals surface area (Å²) in [5.41, 5.74) is 1.13. The van der Waals surface area contributed by atoms with E-state index in [9.17, 15) is 19.7 Å². The molecular formula is C18H23N3O5. The van der Waals surface area contributed by atoms with Crippen molar-refractivity contribution in [2.45, 2.75) is 25.8 Å². The number of rotatable bonds is 5. The highest BCUT2D eigenvalue weighted by molar-refractivity contribution is 5.88. The number of hydrogen-bond donors (Lipinski definition) is 0. The number of hydrogen-bond acceptors (Lipinski definition) is 6. The number of nitro groups is 1. The Morgan fingerprint density at radius 1 is 1.35 bits per heavy atom. The highest BCUT2D eigenvalue weighted by atomic mass is 16.6. The fourth-order valence-corrected chi connectivity index (χ4v) is 3.03. The summed E-state index contributed by atoms with van der Waals surface area (Å²) >= 11 is 0. The zero-order valence-electron chi connectivity index (χ0n) is 15.2. The first-order chi connectivity index (χ1) is 12.3. The molecule has 140 valence electrons. The smallest absolute Gasteiger partial charge is 0.330 e. The minimum atomic E-state index is -0.571. The van der Waals surface area contributed by atoms with Gasteiger partial charge in [0.15, 0.2) is 0 Å². The molecule has 1 saturated heterocycles. The summed E-state index contributed by atoms with van der Waals surface area (Å²) in [4.78, 5) is 37.4. The molecule has 8 nitrogen and oxygen atoms in total. The van der Waals surface area contributed by atoms with Gasteiger partial charge in [-0.1, -0.05) is 0 Å². The molecule has 1 aliphatic heterocycles. The predicted molar refractivity (Wildman–Crippen MR) is 97.8 cm³/mol. The zero-order chi connectivity index (χ0) is 19.3. The number of nitro benzene ring substituents is 1. The van der Waals surface area contributed by atoms with E-state index in [1.165, 1.54) is 25.3 Å². The predicted octanol–water partition coefficient (Wildman–Crippen LogP) is 2.23. The standard InChI is InChI=1S/C18H23N3O5/c1-13(22)19(2)15-8-10-20(11-9-15)16-5-6-17(21(24)25)14(12-16)4-7-18(23)26-3/h4-7,12,15H,8-11H2,1-3H3/b7-4+. The van der Waals surface area contributed by atoms with Crippen molar-refractivity contribution in [3.8, 4) is 0 Å². The first kappa shape index (κ1) is 19.4. The molecule has 1 heterocycles. The summed E-state index contributed by atoms with van der Waals surface area (Å²) in [7, 11) is 3.06. The van der Waals surface area contributed by atoms with Crippen LogP contribution in [0, 0.1) is 10.1 Å². The molecule has 0 bridgehead atoms. The first-order valence-corrected chi connectivity index (χ1v) is 8.36. The lowest BCUT2D eigenvalue weighted by atomic mass is 10.0. The molecule has 0 unspecified atom stereocenters. The van der Waals surface area contributed by atoms with Crippen molar-refractivity contribution in [2.75, 3.05) is 32.1 Å². The quantitative estimate of drug-likeness (QED) is 0.346. The lowest BCUT2D eigenvalue weighted by Gasteiger charge is -2.37. The molecule has 1 aliphatic rings. The maximum Gasteiger partial charge on any atom is 0.330 e. The fraction of sp³-hybridized carbons (Fsp3) is 0.444. The molecule has 1 aromatic rings. The number of esters is 1. The number of carbonyl (C=O) groups is 2. The summed E-state index contributed by atoms with van der Waals surface area (Å²) in [6.07, 6.45) is 4.23. The molecule has 1 amide bonds. The van der Waals surface area contributed by atoms with E-state index in [2.05, 4.69) is 9.64 Å². The van der Waals surface area contributed by atoms with Gasteiger partial charge in [0.05, 0.1) is 17.6 Å². The molecule has 26 heavy (non-hydrogen) atoms. The second-order valence-electron chi connectivity index (χ2n) is 6.20. The van der Waals surface area contributed by atoms with Crippen molar-refractivity contribution in [1.29, 1.82) is 0 Å². The van der Waals surface area contributed by atoms with Gasteiger partial charge in [0.2, 0.25) is 5.91 Å². The Morgan fingerprint density at radius 3 is 2.54 bits per heavy atom. The molecule has 0 atom stereocenters. The molecule has 8 heteroatoms. The number of amides is 1. The molecule has 2 rings (SSSR count). The van der Waals surface area contributed by atoms with Crippen molar-refractivity contribution in [3.05, 3.63) is 40.0 Å². The SMILES string of the molecule is COC(=O)/C=C/c1cc(N2CCC(N(C)C(C)=O)CC2)ccc1[N+](=O)[O-]. The minimum absolute atomic E-state index is 0.0500. The Bertz CT molecular complexity index is 724. The lowest BCUT2D eigenvalue weighted by molar-refractivity contribution is -0.385. The van der Waals surface area contributed by atoms with E-state index in [1.807, 2.05) is 7.05 Å². The number of benzene rings is 1. The van der Waals surface area contributed by atoms with Crippen LogP contribution in [0.4, 0.5) is 11.4 Å². The van der Waals surface area contributed by atoms with Gasteiger partial charge < -0.3 is 14.5 Å². The molecule has 0 aliphatic carbocycles.